The molecule has 7 nitrogen and oxygen atoms in total. The molecule has 1 saturated heterocycles. The van der Waals surface area contributed by atoms with E-state index in [1.165, 1.54) is 0 Å². The fourth-order valence-corrected chi connectivity index (χ4v) is 3.14. The Kier molecular flexibility index (Phi) is 5.87. The fraction of sp³-hybridized carbons (Fsp3) is 0.500. The fourth-order valence-electron chi connectivity index (χ4n) is 3.14. The highest BCUT2D eigenvalue weighted by atomic mass is 16.5. The summed E-state index contributed by atoms with van der Waals surface area (Å²) in [5.74, 6) is 2.26. The number of hydrogen-bond donors (Lipinski definition) is 1. The lowest BCUT2D eigenvalue weighted by atomic mass is 9.94. The summed E-state index contributed by atoms with van der Waals surface area (Å²) in [6, 6.07) is 3.66. The number of pyridine rings is 1. The molecule has 3 rings (SSSR count). The topological polar surface area (TPSA) is 72.3 Å². The van der Waals surface area contributed by atoms with Crippen molar-refractivity contribution in [3.8, 4) is 5.75 Å². The molecule has 0 spiro atoms. The highest BCUT2D eigenvalue weighted by Crippen LogP contribution is 2.20. The van der Waals surface area contributed by atoms with Crippen molar-refractivity contribution >= 4 is 6.03 Å². The van der Waals surface area contributed by atoms with Gasteiger partial charge in [0.05, 0.1) is 12.7 Å². The Morgan fingerprint density at radius 3 is 3.12 bits per heavy atom. The molecule has 2 amide bonds. The van der Waals surface area contributed by atoms with Gasteiger partial charge in [0, 0.05) is 45.1 Å². The number of nitrogens with zero attached hydrogens (tertiary/aromatic N) is 4. The highest BCUT2D eigenvalue weighted by molar-refractivity contribution is 5.74. The Morgan fingerprint density at radius 2 is 2.36 bits per heavy atom. The zero-order valence-electron chi connectivity index (χ0n) is 14.6. The Morgan fingerprint density at radius 1 is 1.44 bits per heavy atom. The third kappa shape index (κ3) is 4.95. The smallest absolute Gasteiger partial charge is 0.317 e. The number of urea groups is 1. The standard InChI is InChI=1S/C18H25N5O2/c1-22-10-7-20-17(22)12-15-4-3-9-23(14-15)18(24)21-8-11-25-16-5-2-6-19-13-16/h2,5-7,10,13,15H,3-4,8-9,11-12,14H2,1H3,(H,21,24)/t15-/m1/s1. The van der Waals surface area contributed by atoms with E-state index in [0.29, 0.717) is 24.8 Å². The maximum absolute atomic E-state index is 12.4. The first-order chi connectivity index (χ1) is 12.2. The van der Waals surface area contributed by atoms with Crippen molar-refractivity contribution in [2.45, 2.75) is 19.3 Å². The Labute approximate surface area is 148 Å². The summed E-state index contributed by atoms with van der Waals surface area (Å²) in [5.41, 5.74) is 0. The molecular formula is C18H25N5O2. The summed E-state index contributed by atoms with van der Waals surface area (Å²) in [6.07, 6.45) is 10.2. The van der Waals surface area contributed by atoms with E-state index in [1.807, 2.05) is 36.5 Å². The van der Waals surface area contributed by atoms with Gasteiger partial charge in [0.1, 0.15) is 18.2 Å². The minimum Gasteiger partial charge on any atom is -0.490 e. The lowest BCUT2D eigenvalue weighted by Crippen LogP contribution is -2.46. The molecule has 0 bridgehead atoms. The van der Waals surface area contributed by atoms with Crippen LogP contribution < -0.4 is 10.1 Å². The van der Waals surface area contributed by atoms with E-state index in [4.69, 9.17) is 4.74 Å². The number of ether oxygens (including phenoxy) is 1. The van der Waals surface area contributed by atoms with Crippen molar-refractivity contribution in [3.05, 3.63) is 42.7 Å². The van der Waals surface area contributed by atoms with Gasteiger partial charge >= 0.3 is 6.03 Å². The molecule has 1 aliphatic heterocycles. The van der Waals surface area contributed by atoms with Crippen LogP contribution in [0.15, 0.2) is 36.9 Å². The maximum Gasteiger partial charge on any atom is 0.317 e. The second kappa shape index (κ2) is 8.50. The summed E-state index contributed by atoms with van der Waals surface area (Å²) in [6.45, 7) is 2.50. The number of rotatable bonds is 6. The highest BCUT2D eigenvalue weighted by Gasteiger charge is 2.24. The third-order valence-corrected chi connectivity index (χ3v) is 4.48. The van der Waals surface area contributed by atoms with E-state index < -0.39 is 0 Å². The van der Waals surface area contributed by atoms with Crippen molar-refractivity contribution in [2.75, 3.05) is 26.2 Å². The number of nitrogens with one attached hydrogen (secondary N) is 1. The Balaban J connectivity index is 1.40. The Hall–Kier alpha value is -2.57. The lowest BCUT2D eigenvalue weighted by molar-refractivity contribution is 0.162. The number of amides is 2. The zero-order valence-corrected chi connectivity index (χ0v) is 14.6. The van der Waals surface area contributed by atoms with Crippen molar-refractivity contribution in [3.63, 3.8) is 0 Å². The minimum atomic E-state index is -0.0145. The largest absolute Gasteiger partial charge is 0.490 e. The van der Waals surface area contributed by atoms with Crippen molar-refractivity contribution in [1.82, 2.24) is 24.8 Å². The first kappa shape index (κ1) is 17.3. The number of imidazole rings is 1. The molecule has 0 radical (unpaired) electrons. The molecule has 1 N–H and O–H groups in total. The van der Waals surface area contributed by atoms with Crippen LogP contribution in [0, 0.1) is 5.92 Å². The van der Waals surface area contributed by atoms with Crippen molar-refractivity contribution in [1.29, 1.82) is 0 Å². The predicted molar refractivity (Wildman–Crippen MR) is 94.3 cm³/mol. The normalized spacial score (nSPS) is 17.3. The molecule has 25 heavy (non-hydrogen) atoms. The van der Waals surface area contributed by atoms with E-state index in [0.717, 1.165) is 38.2 Å². The lowest BCUT2D eigenvalue weighted by Gasteiger charge is -2.32. The van der Waals surface area contributed by atoms with Crippen LogP contribution in [-0.2, 0) is 13.5 Å². The predicted octanol–water partition coefficient (Wildman–Crippen LogP) is 1.86. The molecule has 7 heteroatoms. The van der Waals surface area contributed by atoms with E-state index in [-0.39, 0.29) is 6.03 Å². The van der Waals surface area contributed by atoms with Crippen LogP contribution in [0.4, 0.5) is 4.79 Å². The van der Waals surface area contributed by atoms with E-state index in [1.54, 1.807) is 12.4 Å². The second-order valence-corrected chi connectivity index (χ2v) is 6.38. The van der Waals surface area contributed by atoms with Gasteiger partial charge in [0.15, 0.2) is 0 Å². The van der Waals surface area contributed by atoms with E-state index in [2.05, 4.69) is 19.9 Å². The first-order valence-corrected chi connectivity index (χ1v) is 8.74. The van der Waals surface area contributed by atoms with Crippen LogP contribution in [0.5, 0.6) is 5.75 Å². The van der Waals surface area contributed by atoms with Crippen LogP contribution in [-0.4, -0.2) is 51.7 Å². The molecule has 134 valence electrons. The minimum absolute atomic E-state index is 0.0145. The van der Waals surface area contributed by atoms with Gasteiger partial charge in [0.25, 0.3) is 0 Å². The summed E-state index contributed by atoms with van der Waals surface area (Å²) in [4.78, 5) is 22.6. The number of aryl methyl sites for hydroxylation is 1. The van der Waals surface area contributed by atoms with E-state index in [9.17, 15) is 4.79 Å². The molecule has 3 heterocycles. The summed E-state index contributed by atoms with van der Waals surface area (Å²) < 4.78 is 7.59. The van der Waals surface area contributed by atoms with Crippen molar-refractivity contribution < 1.29 is 9.53 Å². The quantitative estimate of drug-likeness (QED) is 0.813. The third-order valence-electron chi connectivity index (χ3n) is 4.48. The molecule has 2 aromatic heterocycles. The molecule has 0 unspecified atom stereocenters. The summed E-state index contributed by atoms with van der Waals surface area (Å²) >= 11 is 0. The first-order valence-electron chi connectivity index (χ1n) is 8.74. The van der Waals surface area contributed by atoms with Gasteiger partial charge in [-0.1, -0.05) is 0 Å². The van der Waals surface area contributed by atoms with Gasteiger partial charge in [-0.2, -0.15) is 0 Å². The number of carbonyl (C=O) groups is 1. The van der Waals surface area contributed by atoms with Crippen LogP contribution in [0.25, 0.3) is 0 Å². The summed E-state index contributed by atoms with van der Waals surface area (Å²) in [7, 11) is 2.01. The van der Waals surface area contributed by atoms with Gasteiger partial charge in [-0.3, -0.25) is 4.98 Å². The average molecular weight is 343 g/mol. The van der Waals surface area contributed by atoms with Crippen LogP contribution in [0.3, 0.4) is 0 Å². The summed E-state index contributed by atoms with van der Waals surface area (Å²) in [5, 5.41) is 2.93. The molecule has 1 aliphatic rings. The van der Waals surface area contributed by atoms with Crippen LogP contribution >= 0.6 is 0 Å². The number of hydrogen-bond acceptors (Lipinski definition) is 4. The molecule has 0 aliphatic carbocycles. The molecule has 0 saturated carbocycles. The Bertz CT molecular complexity index is 673. The number of aromatic nitrogens is 3. The zero-order chi connectivity index (χ0) is 17.5. The van der Waals surface area contributed by atoms with Gasteiger partial charge in [-0.25, -0.2) is 9.78 Å². The molecule has 1 fully saturated rings. The SMILES string of the molecule is Cn1ccnc1C[C@H]1CCCN(C(=O)NCCOc2cccnc2)C1. The van der Waals surface area contributed by atoms with Gasteiger partial charge in [-0.15, -0.1) is 0 Å². The molecular weight excluding hydrogens is 318 g/mol. The molecule has 1 atom stereocenters. The van der Waals surface area contributed by atoms with Crippen molar-refractivity contribution in [2.24, 2.45) is 13.0 Å². The molecule has 2 aromatic rings. The number of piperidine rings is 1. The average Bonchev–Trinajstić information content (AvgIpc) is 3.04. The molecule has 0 aromatic carbocycles. The maximum atomic E-state index is 12.4. The van der Waals surface area contributed by atoms with Gasteiger partial charge < -0.3 is 19.5 Å². The van der Waals surface area contributed by atoms with Gasteiger partial charge in [-0.05, 0) is 30.9 Å². The van der Waals surface area contributed by atoms with Gasteiger partial charge in [0.2, 0.25) is 0 Å². The number of likely N-dealkylation sites (tertiary alicyclic amines) is 1. The van der Waals surface area contributed by atoms with E-state index >= 15 is 0 Å². The van der Waals surface area contributed by atoms with Crippen LogP contribution in [0.1, 0.15) is 18.7 Å². The second-order valence-electron chi connectivity index (χ2n) is 6.38. The van der Waals surface area contributed by atoms with Crippen LogP contribution in [0.2, 0.25) is 0 Å². The monoisotopic (exact) mass is 343 g/mol. The number of carbonyl (C=O) groups excluding carboxylic acids is 1.